The summed E-state index contributed by atoms with van der Waals surface area (Å²) >= 11 is 0. The van der Waals surface area contributed by atoms with E-state index in [1.165, 1.54) is 24.0 Å². The first-order valence-electron chi connectivity index (χ1n) is 11.6. The van der Waals surface area contributed by atoms with Gasteiger partial charge in [0.25, 0.3) is 0 Å². The van der Waals surface area contributed by atoms with Crippen molar-refractivity contribution in [3.63, 3.8) is 0 Å². The van der Waals surface area contributed by atoms with Crippen molar-refractivity contribution >= 4 is 29.3 Å². The second kappa shape index (κ2) is 9.63. The molecule has 0 aromatic heterocycles. The molecule has 0 saturated carbocycles. The van der Waals surface area contributed by atoms with Crippen molar-refractivity contribution in [1.29, 1.82) is 0 Å². The van der Waals surface area contributed by atoms with Gasteiger partial charge in [0.05, 0.1) is 24.2 Å². The highest BCUT2D eigenvalue weighted by molar-refractivity contribution is 6.07. The van der Waals surface area contributed by atoms with E-state index in [4.69, 9.17) is 0 Å². The minimum atomic E-state index is -4.56. The molecule has 2 aromatic rings. The maximum atomic E-state index is 13.5. The number of carbonyl (C=O) groups excluding carboxylic acids is 3. The van der Waals surface area contributed by atoms with Crippen LogP contribution in [0.3, 0.4) is 0 Å². The van der Waals surface area contributed by atoms with Crippen LogP contribution < -0.4 is 37.0 Å². The summed E-state index contributed by atoms with van der Waals surface area (Å²) in [6.45, 7) is 2.07. The highest BCUT2D eigenvalue weighted by Gasteiger charge is 2.45. The van der Waals surface area contributed by atoms with Crippen molar-refractivity contribution in [3.05, 3.63) is 59.2 Å². The molecule has 5 N–H and O–H groups in total. The molecule has 3 saturated heterocycles. The molecule has 1 unspecified atom stereocenters. The van der Waals surface area contributed by atoms with Crippen LogP contribution in [0, 0.1) is 12.8 Å². The molecular formula is C23H25F3N8O3. The number of hydrogen-bond acceptors (Lipinski definition) is 7. The number of amides is 5. The Bertz CT molecular complexity index is 1220. The Morgan fingerprint density at radius 1 is 0.946 bits per heavy atom. The van der Waals surface area contributed by atoms with E-state index in [0.29, 0.717) is 24.5 Å². The van der Waals surface area contributed by atoms with Crippen molar-refractivity contribution in [3.8, 4) is 0 Å². The number of hydrogen-bond donors (Lipinski definition) is 5. The lowest BCUT2D eigenvalue weighted by Crippen LogP contribution is -2.62. The lowest BCUT2D eigenvalue weighted by molar-refractivity contribution is -0.138. The first kappa shape index (κ1) is 25.0. The molecule has 1 atom stereocenters. The Morgan fingerprint density at radius 2 is 1.59 bits per heavy atom. The van der Waals surface area contributed by atoms with Gasteiger partial charge in [-0.25, -0.2) is 20.4 Å². The molecule has 2 aromatic carbocycles. The minimum absolute atomic E-state index is 0.0211. The highest BCUT2D eigenvalue weighted by Crippen LogP contribution is 2.34. The molecular weight excluding hydrogens is 493 g/mol. The van der Waals surface area contributed by atoms with Crippen LogP contribution >= 0.6 is 0 Å². The molecule has 0 spiro atoms. The van der Waals surface area contributed by atoms with E-state index in [2.05, 4.69) is 27.2 Å². The monoisotopic (exact) mass is 518 g/mol. The van der Waals surface area contributed by atoms with Gasteiger partial charge < -0.3 is 5.32 Å². The smallest absolute Gasteiger partial charge is 0.336 e. The van der Waals surface area contributed by atoms with Crippen molar-refractivity contribution in [1.82, 2.24) is 32.1 Å². The van der Waals surface area contributed by atoms with Crippen molar-refractivity contribution < 1.29 is 27.6 Å². The number of nitrogens with zero attached hydrogens (tertiary/aromatic N) is 3. The molecule has 0 radical (unpaired) electrons. The fourth-order valence-corrected chi connectivity index (χ4v) is 4.73. The Balaban J connectivity index is 1.46. The molecule has 14 heteroatoms. The zero-order valence-corrected chi connectivity index (χ0v) is 19.7. The Hall–Kier alpha value is -3.72. The topological polar surface area (TPSA) is 121 Å². The molecule has 37 heavy (non-hydrogen) atoms. The summed E-state index contributed by atoms with van der Waals surface area (Å²) in [7, 11) is 0. The second-order valence-electron chi connectivity index (χ2n) is 8.93. The summed E-state index contributed by atoms with van der Waals surface area (Å²) in [6.07, 6.45) is -5.16. The van der Waals surface area contributed by atoms with Crippen LogP contribution in [0.1, 0.15) is 16.7 Å². The first-order valence-corrected chi connectivity index (χ1v) is 11.6. The molecule has 3 aliphatic rings. The zero-order valence-electron chi connectivity index (χ0n) is 19.7. The maximum Gasteiger partial charge on any atom is 0.416 e. The molecule has 5 rings (SSSR count). The largest absolute Gasteiger partial charge is 0.416 e. The van der Waals surface area contributed by atoms with Gasteiger partial charge in [0.2, 0.25) is 5.91 Å². The number of nitrogens with one attached hydrogen (secondary N) is 5. The van der Waals surface area contributed by atoms with E-state index in [0.717, 1.165) is 11.0 Å². The van der Waals surface area contributed by atoms with Crippen molar-refractivity contribution in [2.24, 2.45) is 5.92 Å². The quantitative estimate of drug-likeness (QED) is 0.408. The number of urea groups is 2. The predicted octanol–water partition coefficient (Wildman–Crippen LogP) is 1.57. The third-order valence-electron chi connectivity index (χ3n) is 6.75. The number of carbonyl (C=O) groups is 3. The van der Waals surface area contributed by atoms with Gasteiger partial charge in [-0.2, -0.15) is 24.2 Å². The molecule has 11 nitrogen and oxygen atoms in total. The van der Waals surface area contributed by atoms with E-state index in [9.17, 15) is 27.6 Å². The molecule has 3 aliphatic heterocycles. The number of imide groups is 1. The van der Waals surface area contributed by atoms with Crippen molar-refractivity contribution in [2.75, 3.05) is 29.4 Å². The fourth-order valence-electron chi connectivity index (χ4n) is 4.73. The molecule has 0 aliphatic carbocycles. The van der Waals surface area contributed by atoms with Crippen LogP contribution in [0.5, 0.6) is 0 Å². The van der Waals surface area contributed by atoms with Crippen LogP contribution in [0.15, 0.2) is 42.5 Å². The standard InChI is InChI=1S/C23H25F3N8O3/c1-13-14(3-2-4-18(13)23(24,25)26)11-34-20(35)17(19-28-30-31-29-19)12-33(22(34)37)16-7-5-15(6-8-16)32-10-9-27-21(32)36/h2-8,17,19,28-31H,9-12H2,1H3,(H,27,36). The summed E-state index contributed by atoms with van der Waals surface area (Å²) in [5.41, 5.74) is 11.5. The lowest BCUT2D eigenvalue weighted by Gasteiger charge is -2.40. The number of benzene rings is 2. The average molecular weight is 519 g/mol. The summed E-state index contributed by atoms with van der Waals surface area (Å²) in [4.78, 5) is 42.9. The Labute approximate surface area is 209 Å². The van der Waals surface area contributed by atoms with Gasteiger partial charge in [-0.15, -0.1) is 0 Å². The number of anilines is 2. The molecule has 3 fully saturated rings. The van der Waals surface area contributed by atoms with Crippen LogP contribution in [-0.4, -0.2) is 48.7 Å². The van der Waals surface area contributed by atoms with E-state index >= 15 is 0 Å². The summed E-state index contributed by atoms with van der Waals surface area (Å²) in [5, 5.41) is 2.72. The van der Waals surface area contributed by atoms with Crippen LogP contribution in [0.25, 0.3) is 0 Å². The second-order valence-corrected chi connectivity index (χ2v) is 8.93. The van der Waals surface area contributed by atoms with Crippen molar-refractivity contribution in [2.45, 2.75) is 25.8 Å². The normalized spacial score (nSPS) is 21.2. The van der Waals surface area contributed by atoms with Gasteiger partial charge in [-0.3, -0.25) is 19.5 Å². The van der Waals surface area contributed by atoms with E-state index in [1.54, 1.807) is 29.2 Å². The van der Waals surface area contributed by atoms with Gasteiger partial charge in [0.1, 0.15) is 0 Å². The molecule has 196 valence electrons. The number of hydrazine groups is 3. The number of rotatable bonds is 5. The Morgan fingerprint density at radius 3 is 2.19 bits per heavy atom. The molecule has 5 amide bonds. The van der Waals surface area contributed by atoms with Crippen LogP contribution in [0.2, 0.25) is 0 Å². The van der Waals surface area contributed by atoms with Gasteiger partial charge in [-0.05, 0) is 48.4 Å². The summed E-state index contributed by atoms with van der Waals surface area (Å²) in [6, 6.07) is 9.60. The lowest BCUT2D eigenvalue weighted by atomic mass is 9.98. The highest BCUT2D eigenvalue weighted by atomic mass is 19.4. The third kappa shape index (κ3) is 4.71. The van der Waals surface area contributed by atoms with E-state index in [1.807, 2.05) is 0 Å². The maximum absolute atomic E-state index is 13.5. The Kier molecular flexibility index (Phi) is 6.49. The summed E-state index contributed by atoms with van der Waals surface area (Å²) < 4.78 is 40.4. The number of alkyl halides is 3. The van der Waals surface area contributed by atoms with Gasteiger partial charge in [0.15, 0.2) is 0 Å². The van der Waals surface area contributed by atoms with Gasteiger partial charge in [-0.1, -0.05) is 12.1 Å². The van der Waals surface area contributed by atoms with Gasteiger partial charge >= 0.3 is 18.2 Å². The SMILES string of the molecule is Cc1c(CN2C(=O)C(C3NNNN3)CN(c3ccc(N4CCNC4=O)cc3)C2=O)cccc1C(F)(F)F. The zero-order chi connectivity index (χ0) is 26.3. The molecule has 3 heterocycles. The predicted molar refractivity (Wildman–Crippen MR) is 126 cm³/mol. The van der Waals surface area contributed by atoms with Crippen LogP contribution in [-0.2, 0) is 17.5 Å². The number of halogens is 3. The average Bonchev–Trinajstić information content (AvgIpc) is 3.54. The minimum Gasteiger partial charge on any atom is -0.336 e. The van der Waals surface area contributed by atoms with E-state index < -0.39 is 35.8 Å². The fraction of sp³-hybridized carbons (Fsp3) is 0.348. The van der Waals surface area contributed by atoms with E-state index in [-0.39, 0.29) is 30.2 Å². The van der Waals surface area contributed by atoms with Gasteiger partial charge in [0, 0.05) is 31.0 Å². The third-order valence-corrected chi connectivity index (χ3v) is 6.75. The summed E-state index contributed by atoms with van der Waals surface area (Å²) in [5.74, 6) is -1.30. The molecule has 0 bridgehead atoms. The first-order chi connectivity index (χ1) is 17.6. The van der Waals surface area contributed by atoms with Crippen LogP contribution in [0.4, 0.5) is 34.1 Å².